The zero-order valence-corrected chi connectivity index (χ0v) is 17.2. The number of amidine groups is 1. The van der Waals surface area contributed by atoms with Crippen molar-refractivity contribution in [3.63, 3.8) is 0 Å². The van der Waals surface area contributed by atoms with Gasteiger partial charge < -0.3 is 35.0 Å². The minimum absolute atomic E-state index is 0.0334. The molecular weight excluding hydrogens is 402 g/mol. The van der Waals surface area contributed by atoms with Gasteiger partial charge in [0.15, 0.2) is 12.1 Å². The van der Waals surface area contributed by atoms with Gasteiger partial charge in [-0.3, -0.25) is 9.98 Å². The van der Waals surface area contributed by atoms with Gasteiger partial charge in [0.25, 0.3) is 0 Å². The molecule has 3 aliphatic rings. The van der Waals surface area contributed by atoms with E-state index >= 15 is 0 Å². The highest BCUT2D eigenvalue weighted by Gasteiger charge is 2.45. The number of ether oxygens (including phenoxy) is 2. The molecule has 0 radical (unpaired) electrons. The Morgan fingerprint density at radius 2 is 2.16 bits per heavy atom. The predicted octanol–water partition coefficient (Wildman–Crippen LogP) is 0.591. The summed E-state index contributed by atoms with van der Waals surface area (Å²) in [5, 5.41) is 42.0. The van der Waals surface area contributed by atoms with E-state index in [1.807, 2.05) is 11.0 Å². The molecule has 1 aromatic heterocycles. The molecule has 2 aliphatic heterocycles. The molecule has 0 amide bonds. The Morgan fingerprint density at radius 1 is 1.32 bits per heavy atom. The van der Waals surface area contributed by atoms with E-state index in [-0.39, 0.29) is 6.04 Å². The van der Waals surface area contributed by atoms with Gasteiger partial charge in [0, 0.05) is 0 Å². The smallest absolute Gasteiger partial charge is 0.165 e. The average Bonchev–Trinajstić information content (AvgIpc) is 3.35. The van der Waals surface area contributed by atoms with Gasteiger partial charge in [-0.1, -0.05) is 6.07 Å². The Morgan fingerprint density at radius 3 is 2.90 bits per heavy atom. The van der Waals surface area contributed by atoms with Crippen LogP contribution in [0.4, 0.5) is 5.82 Å². The highest BCUT2D eigenvalue weighted by Crippen LogP contribution is 2.40. The highest BCUT2D eigenvalue weighted by molar-refractivity contribution is 6.00. The molecule has 0 saturated carbocycles. The predicted molar refractivity (Wildman–Crippen MR) is 111 cm³/mol. The molecule has 5 rings (SSSR count). The Labute approximate surface area is 179 Å². The van der Waals surface area contributed by atoms with Crippen molar-refractivity contribution < 1.29 is 24.8 Å². The van der Waals surface area contributed by atoms with Crippen molar-refractivity contribution in [2.75, 3.05) is 25.7 Å². The number of aliphatic hydroxyl groups excluding tert-OH is 3. The number of nitrogens with one attached hydrogen (secondary N) is 2. The molecule has 10 heteroatoms. The molecule has 1 unspecified atom stereocenters. The van der Waals surface area contributed by atoms with Crippen LogP contribution in [0.15, 0.2) is 24.5 Å². The highest BCUT2D eigenvalue weighted by atomic mass is 16.6. The molecule has 2 aromatic rings. The lowest BCUT2D eigenvalue weighted by molar-refractivity contribution is -0.0519. The lowest BCUT2D eigenvalue weighted by Gasteiger charge is -2.40. The fraction of sp³-hybridized carbons (Fsp3) is 0.524. The standard InChI is InChI=1S/C21H27N5O5/c1-30-12-6-5-11-3-2-4-14(13(11)7-12)25-10-24-20-16(19(25)22)23-9-26(20)21-18(29)17(28)15(8-27)31-21/h5-7,9,14-15,17-18,21-22,24,27-29H,2-4,8,10H2,1H3/t14?,15-,17-,18-,21-/m1/s1. The number of benzene rings is 1. The Balaban J connectivity index is 1.43. The minimum Gasteiger partial charge on any atom is -0.497 e. The van der Waals surface area contributed by atoms with E-state index in [1.165, 1.54) is 17.5 Å². The van der Waals surface area contributed by atoms with Crippen LogP contribution in [-0.4, -0.2) is 74.3 Å². The van der Waals surface area contributed by atoms with Gasteiger partial charge in [-0.15, -0.1) is 0 Å². The van der Waals surface area contributed by atoms with Gasteiger partial charge in [0.2, 0.25) is 0 Å². The van der Waals surface area contributed by atoms with E-state index in [2.05, 4.69) is 22.4 Å². The molecule has 3 heterocycles. The third-order valence-electron chi connectivity index (χ3n) is 6.53. The maximum Gasteiger partial charge on any atom is 0.165 e. The average molecular weight is 429 g/mol. The van der Waals surface area contributed by atoms with E-state index in [4.69, 9.17) is 14.9 Å². The fourth-order valence-electron chi connectivity index (χ4n) is 4.86. The first-order chi connectivity index (χ1) is 15.0. The van der Waals surface area contributed by atoms with Crippen molar-refractivity contribution in [1.82, 2.24) is 14.5 Å². The number of nitrogens with zero attached hydrogens (tertiary/aromatic N) is 3. The second-order valence-electron chi connectivity index (χ2n) is 8.20. The summed E-state index contributed by atoms with van der Waals surface area (Å²) in [5.74, 6) is 1.65. The zero-order valence-electron chi connectivity index (χ0n) is 17.2. The third-order valence-corrected chi connectivity index (χ3v) is 6.53. The Hall–Kier alpha value is -2.66. The number of imidazole rings is 1. The Kier molecular flexibility index (Phi) is 5.09. The summed E-state index contributed by atoms with van der Waals surface area (Å²) in [6, 6.07) is 6.16. The quantitative estimate of drug-likeness (QED) is 0.477. The van der Waals surface area contributed by atoms with Crippen LogP contribution in [-0.2, 0) is 11.2 Å². The van der Waals surface area contributed by atoms with Crippen LogP contribution in [0.3, 0.4) is 0 Å². The second-order valence-corrected chi connectivity index (χ2v) is 8.20. The van der Waals surface area contributed by atoms with Crippen LogP contribution in [0.5, 0.6) is 5.75 Å². The van der Waals surface area contributed by atoms with Crippen LogP contribution in [0, 0.1) is 5.41 Å². The first kappa shape index (κ1) is 20.3. The fourth-order valence-corrected chi connectivity index (χ4v) is 4.86. The van der Waals surface area contributed by atoms with E-state index < -0.39 is 31.1 Å². The maximum absolute atomic E-state index is 10.4. The van der Waals surface area contributed by atoms with Gasteiger partial charge in [-0.05, 0) is 42.5 Å². The summed E-state index contributed by atoms with van der Waals surface area (Å²) < 4.78 is 12.6. The van der Waals surface area contributed by atoms with Crippen molar-refractivity contribution in [2.24, 2.45) is 0 Å². The van der Waals surface area contributed by atoms with E-state index in [1.54, 1.807) is 11.7 Å². The molecule has 1 fully saturated rings. The van der Waals surface area contributed by atoms with E-state index in [0.29, 0.717) is 24.0 Å². The monoisotopic (exact) mass is 429 g/mol. The van der Waals surface area contributed by atoms with Gasteiger partial charge >= 0.3 is 0 Å². The van der Waals surface area contributed by atoms with Crippen molar-refractivity contribution in [3.05, 3.63) is 41.3 Å². The van der Waals surface area contributed by atoms with E-state index in [0.717, 1.165) is 25.0 Å². The Bertz CT molecular complexity index is 995. The number of aliphatic hydroxyl groups is 3. The van der Waals surface area contributed by atoms with Crippen molar-refractivity contribution in [3.8, 4) is 5.75 Å². The number of fused-ring (bicyclic) bond motifs is 2. The van der Waals surface area contributed by atoms with E-state index in [9.17, 15) is 15.3 Å². The molecule has 10 nitrogen and oxygen atoms in total. The molecule has 1 aliphatic carbocycles. The van der Waals surface area contributed by atoms with Crippen LogP contribution in [0.1, 0.15) is 41.9 Å². The zero-order chi connectivity index (χ0) is 21.7. The number of aryl methyl sites for hydroxylation is 1. The molecular formula is C21H27N5O5. The molecule has 166 valence electrons. The molecule has 0 spiro atoms. The molecule has 0 bridgehead atoms. The lowest BCUT2D eigenvalue weighted by Crippen LogP contribution is -2.44. The van der Waals surface area contributed by atoms with Crippen molar-refractivity contribution in [1.29, 1.82) is 5.41 Å². The number of hydrogen-bond donors (Lipinski definition) is 5. The van der Waals surface area contributed by atoms with Gasteiger partial charge in [-0.2, -0.15) is 0 Å². The number of methoxy groups -OCH3 is 1. The number of aromatic nitrogens is 2. The first-order valence-corrected chi connectivity index (χ1v) is 10.5. The van der Waals surface area contributed by atoms with Gasteiger partial charge in [0.1, 0.15) is 35.6 Å². The first-order valence-electron chi connectivity index (χ1n) is 10.5. The molecule has 1 saturated heterocycles. The van der Waals surface area contributed by atoms with Gasteiger partial charge in [-0.25, -0.2) is 4.98 Å². The molecule has 5 atom stereocenters. The largest absolute Gasteiger partial charge is 0.497 e. The van der Waals surface area contributed by atoms with Crippen molar-refractivity contribution >= 4 is 11.7 Å². The summed E-state index contributed by atoms with van der Waals surface area (Å²) in [6.45, 7) is 0.000825. The maximum atomic E-state index is 10.4. The molecule has 31 heavy (non-hydrogen) atoms. The number of hydrogen-bond acceptors (Lipinski definition) is 8. The summed E-state index contributed by atoms with van der Waals surface area (Å²) in [4.78, 5) is 6.40. The topological polar surface area (TPSA) is 136 Å². The van der Waals surface area contributed by atoms with Gasteiger partial charge in [0.05, 0.1) is 32.8 Å². The normalized spacial score (nSPS) is 30.0. The minimum atomic E-state index is -1.21. The molecule has 1 aromatic carbocycles. The SMILES string of the molecule is COc1ccc2c(c1)C(N1CNc3c(ncn3[C@@H]3O[C@H](CO)[C@@H](O)[C@H]3O)C1=N)CCC2. The summed E-state index contributed by atoms with van der Waals surface area (Å²) >= 11 is 0. The summed E-state index contributed by atoms with van der Waals surface area (Å²) in [5.41, 5.74) is 2.90. The van der Waals surface area contributed by atoms with Crippen LogP contribution in [0.25, 0.3) is 0 Å². The molecule has 5 N–H and O–H groups in total. The van der Waals surface area contributed by atoms with Crippen LogP contribution in [0.2, 0.25) is 0 Å². The number of anilines is 1. The van der Waals surface area contributed by atoms with Crippen LogP contribution >= 0.6 is 0 Å². The third kappa shape index (κ3) is 3.18. The van der Waals surface area contributed by atoms with Crippen LogP contribution < -0.4 is 10.1 Å². The number of rotatable bonds is 4. The summed E-state index contributed by atoms with van der Waals surface area (Å²) in [6.07, 6.45) is 0.306. The van der Waals surface area contributed by atoms with Crippen molar-refractivity contribution in [2.45, 2.75) is 49.8 Å². The second kappa shape index (κ2) is 7.79. The lowest BCUT2D eigenvalue weighted by atomic mass is 9.86. The summed E-state index contributed by atoms with van der Waals surface area (Å²) in [7, 11) is 1.65.